The number of fused-ring (bicyclic) bond motifs is 7. The highest BCUT2D eigenvalue weighted by Gasteiger charge is 2.68. The molecule has 0 aromatic heterocycles. The van der Waals surface area contributed by atoms with Crippen molar-refractivity contribution in [3.8, 4) is 0 Å². The molecule has 5 heteroatoms. The summed E-state index contributed by atoms with van der Waals surface area (Å²) >= 11 is 0. The summed E-state index contributed by atoms with van der Waals surface area (Å²) < 4.78 is 13.0. The lowest BCUT2D eigenvalue weighted by molar-refractivity contribution is -0.151. The van der Waals surface area contributed by atoms with Crippen LogP contribution >= 0.6 is 0 Å². The van der Waals surface area contributed by atoms with Crippen LogP contribution in [0.2, 0.25) is 0 Å². The zero-order valence-electron chi connectivity index (χ0n) is 26.4. The van der Waals surface area contributed by atoms with Gasteiger partial charge in [-0.3, -0.25) is 9.59 Å². The lowest BCUT2D eigenvalue weighted by Crippen LogP contribution is -2.50. The first-order chi connectivity index (χ1) is 19.0. The molecule has 5 aliphatic rings. The van der Waals surface area contributed by atoms with Crippen molar-refractivity contribution in [2.45, 2.75) is 137 Å². The van der Waals surface area contributed by atoms with Crippen LogP contribution in [0.1, 0.15) is 126 Å². The van der Waals surface area contributed by atoms with Crippen molar-refractivity contribution < 1.29 is 19.1 Å². The number of hydrogen-bond acceptors (Lipinski definition) is 4. The second-order valence-corrected chi connectivity index (χ2v) is 14.8. The predicted molar refractivity (Wildman–Crippen MR) is 159 cm³/mol. The van der Waals surface area contributed by atoms with Gasteiger partial charge in [-0.2, -0.15) is 0 Å². The Kier molecular flexibility index (Phi) is 8.27. The van der Waals surface area contributed by atoms with Crippen LogP contribution in [0.25, 0.3) is 0 Å². The predicted octanol–water partition coefficient (Wildman–Crippen LogP) is 7.89. The van der Waals surface area contributed by atoms with Crippen LogP contribution < -0.4 is 5.32 Å². The molecule has 3 saturated carbocycles. The summed E-state index contributed by atoms with van der Waals surface area (Å²) in [5, 5.41) is 2.98. The quantitative estimate of drug-likeness (QED) is 0.233. The van der Waals surface area contributed by atoms with E-state index in [-0.39, 0.29) is 29.0 Å². The third kappa shape index (κ3) is 4.96. The topological polar surface area (TPSA) is 64.6 Å². The smallest absolute Gasteiger partial charge is 0.306 e. The van der Waals surface area contributed by atoms with Gasteiger partial charge in [-0.15, -0.1) is 0 Å². The third-order valence-corrected chi connectivity index (χ3v) is 12.4. The molecule has 224 valence electrons. The van der Waals surface area contributed by atoms with E-state index in [2.05, 4.69) is 46.0 Å². The van der Waals surface area contributed by atoms with Crippen molar-refractivity contribution in [2.75, 3.05) is 6.54 Å². The molecule has 3 fully saturated rings. The third-order valence-electron chi connectivity index (χ3n) is 12.4. The van der Waals surface area contributed by atoms with Crippen LogP contribution in [0.3, 0.4) is 0 Å². The fourth-order valence-electron chi connectivity index (χ4n) is 10.3. The second-order valence-electron chi connectivity index (χ2n) is 14.8. The van der Waals surface area contributed by atoms with Gasteiger partial charge < -0.3 is 14.8 Å². The van der Waals surface area contributed by atoms with Gasteiger partial charge >= 0.3 is 5.97 Å². The molecule has 0 unspecified atom stereocenters. The molecule has 5 rings (SSSR count). The standard InChI is InChI=1S/C35H55NO4/c1-8-10-31(38)39-26-15-17-33(6)25(19-26)12-13-27-28(33)16-18-34(7)29(27)20-35(9-2)32(34)23(4)30(40-35)14-11-22(3)21-36-24(5)37/h12,22,26-29,32H,8-11,13-21H2,1-7H3,(H,36,37)/t22-,26-,27-,28+,29+,32-,33+,34+,35-/m1/s1. The first kappa shape index (κ1) is 29.7. The van der Waals surface area contributed by atoms with Crippen LogP contribution in [0.15, 0.2) is 23.0 Å². The van der Waals surface area contributed by atoms with Crippen LogP contribution in [0.4, 0.5) is 0 Å². The van der Waals surface area contributed by atoms with Crippen molar-refractivity contribution in [1.29, 1.82) is 0 Å². The first-order valence-electron chi connectivity index (χ1n) is 16.5. The molecule has 1 heterocycles. The van der Waals surface area contributed by atoms with Gasteiger partial charge in [-0.25, -0.2) is 0 Å². The van der Waals surface area contributed by atoms with E-state index in [4.69, 9.17) is 9.47 Å². The Morgan fingerprint density at radius 1 is 1.18 bits per heavy atom. The van der Waals surface area contributed by atoms with Gasteiger partial charge in [-0.1, -0.05) is 46.3 Å². The van der Waals surface area contributed by atoms with E-state index >= 15 is 0 Å². The average molecular weight is 554 g/mol. The minimum absolute atomic E-state index is 0.0221. The molecule has 1 aliphatic heterocycles. The zero-order valence-corrected chi connectivity index (χ0v) is 26.4. The van der Waals surface area contributed by atoms with E-state index in [1.165, 1.54) is 37.0 Å². The van der Waals surface area contributed by atoms with Gasteiger partial charge in [0.2, 0.25) is 5.91 Å². The van der Waals surface area contributed by atoms with Crippen LogP contribution in [-0.2, 0) is 19.1 Å². The molecule has 4 aliphatic carbocycles. The Labute approximate surface area is 243 Å². The highest BCUT2D eigenvalue weighted by Crippen LogP contribution is 2.72. The number of esters is 1. The molecule has 0 saturated heterocycles. The fourth-order valence-corrected chi connectivity index (χ4v) is 10.3. The minimum atomic E-state index is -0.0510. The van der Waals surface area contributed by atoms with Crippen molar-refractivity contribution in [3.05, 3.63) is 23.0 Å². The molecule has 9 atom stereocenters. The molecule has 1 N–H and O–H groups in total. The highest BCUT2D eigenvalue weighted by molar-refractivity contribution is 5.72. The Balaban J connectivity index is 1.32. The molecule has 0 bridgehead atoms. The molecule has 0 radical (unpaired) electrons. The molecule has 0 aromatic rings. The lowest BCUT2D eigenvalue weighted by Gasteiger charge is -2.58. The van der Waals surface area contributed by atoms with E-state index in [0.717, 1.165) is 63.3 Å². The summed E-state index contributed by atoms with van der Waals surface area (Å²) in [6.45, 7) is 16.5. The summed E-state index contributed by atoms with van der Waals surface area (Å²) in [5.74, 6) is 4.38. The lowest BCUT2D eigenvalue weighted by atomic mass is 9.47. The number of nitrogens with one attached hydrogen (secondary N) is 1. The van der Waals surface area contributed by atoms with Crippen LogP contribution in [-0.4, -0.2) is 30.1 Å². The van der Waals surface area contributed by atoms with Crippen molar-refractivity contribution in [2.24, 2.45) is 40.4 Å². The monoisotopic (exact) mass is 553 g/mol. The number of allylic oxidation sites excluding steroid dienone is 2. The summed E-state index contributed by atoms with van der Waals surface area (Å²) in [6, 6.07) is 0. The number of rotatable bonds is 9. The summed E-state index contributed by atoms with van der Waals surface area (Å²) in [7, 11) is 0. The molecule has 0 aromatic carbocycles. The molecule has 0 spiro atoms. The Morgan fingerprint density at radius 3 is 2.65 bits per heavy atom. The van der Waals surface area contributed by atoms with Crippen molar-refractivity contribution in [1.82, 2.24) is 5.32 Å². The number of hydrogen-bond donors (Lipinski definition) is 1. The average Bonchev–Trinajstić information content (AvgIpc) is 3.35. The fraction of sp³-hybridized carbons (Fsp3) is 0.829. The van der Waals surface area contributed by atoms with Crippen molar-refractivity contribution >= 4 is 11.9 Å². The van der Waals surface area contributed by atoms with Gasteiger partial charge in [0.15, 0.2) is 0 Å². The second kappa shape index (κ2) is 11.1. The molecule has 40 heavy (non-hydrogen) atoms. The van der Waals surface area contributed by atoms with Crippen LogP contribution in [0.5, 0.6) is 0 Å². The molecule has 5 nitrogen and oxygen atoms in total. The number of ether oxygens (including phenoxy) is 2. The zero-order chi connectivity index (χ0) is 28.9. The minimum Gasteiger partial charge on any atom is -0.491 e. The summed E-state index contributed by atoms with van der Waals surface area (Å²) in [6.07, 6.45) is 15.2. The maximum Gasteiger partial charge on any atom is 0.306 e. The first-order valence-corrected chi connectivity index (χ1v) is 16.5. The van der Waals surface area contributed by atoms with Crippen molar-refractivity contribution in [3.63, 3.8) is 0 Å². The van der Waals surface area contributed by atoms with E-state index in [1.54, 1.807) is 12.5 Å². The molecular formula is C35H55NO4. The number of carbonyl (C=O) groups is 2. The van der Waals surface area contributed by atoms with Gasteiger partial charge in [-0.05, 0) is 105 Å². The van der Waals surface area contributed by atoms with Crippen LogP contribution in [0, 0.1) is 40.4 Å². The summed E-state index contributed by atoms with van der Waals surface area (Å²) in [4.78, 5) is 23.5. The Hall–Kier alpha value is -1.78. The molecular weight excluding hydrogens is 498 g/mol. The van der Waals surface area contributed by atoms with Gasteiger partial charge in [0.25, 0.3) is 0 Å². The summed E-state index contributed by atoms with van der Waals surface area (Å²) in [5.41, 5.74) is 3.58. The van der Waals surface area contributed by atoms with Gasteiger partial charge in [0.1, 0.15) is 11.7 Å². The largest absolute Gasteiger partial charge is 0.491 e. The van der Waals surface area contributed by atoms with Gasteiger partial charge in [0.05, 0.1) is 5.76 Å². The molecule has 1 amide bonds. The maximum atomic E-state index is 12.2. The van der Waals surface area contributed by atoms with E-state index in [1.807, 2.05) is 6.92 Å². The highest BCUT2D eigenvalue weighted by atomic mass is 16.5. The normalized spacial score (nSPS) is 40.7. The van der Waals surface area contributed by atoms with E-state index in [0.29, 0.717) is 29.6 Å². The number of carbonyl (C=O) groups excluding carboxylic acids is 2. The Bertz CT molecular complexity index is 1060. The SMILES string of the molecule is CCCC(=O)O[C@@H]1CC[C@@]2(C)C(=CC[C@H]3[C@@H]4C[C@@]5(CC)OC(CC[C@@H](C)CNC(C)=O)=C(C)[C@@H]5[C@@]4(C)CC[C@@H]32)C1. The Morgan fingerprint density at radius 2 is 1.95 bits per heavy atom. The number of amides is 1. The van der Waals surface area contributed by atoms with E-state index < -0.39 is 0 Å². The van der Waals surface area contributed by atoms with Gasteiger partial charge in [0, 0.05) is 38.6 Å². The van der Waals surface area contributed by atoms with E-state index in [9.17, 15) is 9.59 Å². The maximum absolute atomic E-state index is 12.2.